The van der Waals surface area contributed by atoms with Gasteiger partial charge in [-0.25, -0.2) is 0 Å². The van der Waals surface area contributed by atoms with Crippen molar-refractivity contribution in [1.29, 1.82) is 0 Å². The van der Waals surface area contributed by atoms with Crippen LogP contribution in [0.3, 0.4) is 0 Å². The Morgan fingerprint density at radius 3 is 2.95 bits per heavy atom. The average molecular weight is 262 g/mol. The summed E-state index contributed by atoms with van der Waals surface area (Å²) in [5.41, 5.74) is 0.737. The monoisotopic (exact) mass is 262 g/mol. The van der Waals surface area contributed by atoms with Crippen molar-refractivity contribution < 1.29 is 19.1 Å². The van der Waals surface area contributed by atoms with Gasteiger partial charge in [-0.3, -0.25) is 4.79 Å². The first kappa shape index (κ1) is 13.1. The van der Waals surface area contributed by atoms with Crippen molar-refractivity contribution in [2.24, 2.45) is 0 Å². The summed E-state index contributed by atoms with van der Waals surface area (Å²) < 4.78 is 10.6. The topological polar surface area (TPSA) is 85.5 Å². The second kappa shape index (κ2) is 5.51. The Kier molecular flexibility index (Phi) is 3.79. The molecule has 0 aliphatic rings. The molecule has 0 radical (unpaired) electrons. The van der Waals surface area contributed by atoms with Crippen LogP contribution in [0.4, 0.5) is 0 Å². The standard InChI is InChI=1S/C13H14N2O4/c1-8(6-11(16)17)12-14-15-13(19-12)9-4-3-5-10(7-9)18-2/h3-5,7-8H,6H2,1-2H3,(H,16,17). The zero-order valence-corrected chi connectivity index (χ0v) is 10.7. The van der Waals surface area contributed by atoms with Crippen LogP contribution in [-0.2, 0) is 4.79 Å². The number of aliphatic carboxylic acids is 1. The number of nitrogens with zero attached hydrogens (tertiary/aromatic N) is 2. The molecule has 1 heterocycles. The Morgan fingerprint density at radius 1 is 1.47 bits per heavy atom. The van der Waals surface area contributed by atoms with Crippen LogP contribution in [0.25, 0.3) is 11.5 Å². The van der Waals surface area contributed by atoms with Gasteiger partial charge in [0, 0.05) is 11.5 Å². The van der Waals surface area contributed by atoms with E-state index in [-0.39, 0.29) is 12.3 Å². The molecule has 6 nitrogen and oxygen atoms in total. The molecule has 0 fully saturated rings. The van der Waals surface area contributed by atoms with Crippen LogP contribution in [0.15, 0.2) is 28.7 Å². The highest BCUT2D eigenvalue weighted by molar-refractivity contribution is 5.67. The van der Waals surface area contributed by atoms with Gasteiger partial charge in [-0.05, 0) is 18.2 Å². The van der Waals surface area contributed by atoms with Gasteiger partial charge in [0.2, 0.25) is 11.8 Å². The Bertz CT molecular complexity index is 580. The van der Waals surface area contributed by atoms with E-state index in [2.05, 4.69) is 10.2 Å². The van der Waals surface area contributed by atoms with Crippen LogP contribution < -0.4 is 4.74 Å². The Morgan fingerprint density at radius 2 is 2.26 bits per heavy atom. The molecule has 19 heavy (non-hydrogen) atoms. The van der Waals surface area contributed by atoms with Crippen LogP contribution in [-0.4, -0.2) is 28.4 Å². The molecule has 2 rings (SSSR count). The Hall–Kier alpha value is -2.37. The lowest BCUT2D eigenvalue weighted by molar-refractivity contribution is -0.137. The summed E-state index contributed by atoms with van der Waals surface area (Å²) in [4.78, 5) is 10.6. The summed E-state index contributed by atoms with van der Waals surface area (Å²) in [6, 6.07) is 7.23. The van der Waals surface area contributed by atoms with E-state index in [9.17, 15) is 4.79 Å². The van der Waals surface area contributed by atoms with E-state index < -0.39 is 5.97 Å². The predicted octanol–water partition coefficient (Wildman–Crippen LogP) is 2.32. The minimum atomic E-state index is -0.895. The van der Waals surface area contributed by atoms with Crippen molar-refractivity contribution in [3.05, 3.63) is 30.2 Å². The molecule has 1 aromatic heterocycles. The summed E-state index contributed by atoms with van der Waals surface area (Å²) in [6.45, 7) is 1.73. The molecule has 0 aliphatic heterocycles. The highest BCUT2D eigenvalue weighted by atomic mass is 16.5. The molecule has 0 spiro atoms. The summed E-state index contributed by atoms with van der Waals surface area (Å²) in [5.74, 6) is 0.153. The van der Waals surface area contributed by atoms with E-state index in [4.69, 9.17) is 14.3 Å². The first-order valence-electron chi connectivity index (χ1n) is 5.79. The summed E-state index contributed by atoms with van der Waals surface area (Å²) in [6.07, 6.45) is -0.0419. The minimum absolute atomic E-state index is 0.0419. The first-order chi connectivity index (χ1) is 9.10. The molecule has 1 unspecified atom stereocenters. The number of carbonyl (C=O) groups is 1. The second-order valence-corrected chi connectivity index (χ2v) is 4.18. The molecule has 100 valence electrons. The van der Waals surface area contributed by atoms with E-state index in [1.807, 2.05) is 18.2 Å². The van der Waals surface area contributed by atoms with Gasteiger partial charge in [0.15, 0.2) is 0 Å². The summed E-state index contributed by atoms with van der Waals surface area (Å²) >= 11 is 0. The highest BCUT2D eigenvalue weighted by Crippen LogP contribution is 2.25. The van der Waals surface area contributed by atoms with Gasteiger partial charge in [0.25, 0.3) is 0 Å². The Labute approximate surface area is 110 Å². The maximum atomic E-state index is 10.6. The molecule has 0 saturated heterocycles. The predicted molar refractivity (Wildman–Crippen MR) is 67.0 cm³/mol. The van der Waals surface area contributed by atoms with Crippen LogP contribution in [0.2, 0.25) is 0 Å². The maximum Gasteiger partial charge on any atom is 0.304 e. The average Bonchev–Trinajstić information content (AvgIpc) is 2.88. The van der Waals surface area contributed by atoms with Crippen LogP contribution in [0.5, 0.6) is 5.75 Å². The number of methoxy groups -OCH3 is 1. The van der Waals surface area contributed by atoms with Crippen LogP contribution in [0, 0.1) is 0 Å². The lowest BCUT2D eigenvalue weighted by Crippen LogP contribution is -2.02. The number of benzene rings is 1. The largest absolute Gasteiger partial charge is 0.497 e. The first-order valence-corrected chi connectivity index (χ1v) is 5.79. The van der Waals surface area contributed by atoms with Crippen molar-refractivity contribution in [2.75, 3.05) is 7.11 Å². The molecule has 0 aliphatic carbocycles. The summed E-state index contributed by atoms with van der Waals surface area (Å²) in [7, 11) is 1.58. The van der Waals surface area contributed by atoms with E-state index in [0.29, 0.717) is 17.5 Å². The molecule has 2 aromatic rings. The fraction of sp³-hybridized carbons (Fsp3) is 0.308. The molecule has 1 atom stereocenters. The van der Waals surface area contributed by atoms with Crippen LogP contribution in [0.1, 0.15) is 25.2 Å². The van der Waals surface area contributed by atoms with Crippen molar-refractivity contribution in [3.8, 4) is 17.2 Å². The third kappa shape index (κ3) is 3.09. The smallest absolute Gasteiger partial charge is 0.304 e. The number of aromatic nitrogens is 2. The zero-order chi connectivity index (χ0) is 13.8. The molecular formula is C13H14N2O4. The third-order valence-electron chi connectivity index (χ3n) is 2.66. The third-order valence-corrected chi connectivity index (χ3v) is 2.66. The second-order valence-electron chi connectivity index (χ2n) is 4.18. The lowest BCUT2D eigenvalue weighted by atomic mass is 10.1. The van der Waals surface area contributed by atoms with Gasteiger partial charge in [-0.15, -0.1) is 10.2 Å². The van der Waals surface area contributed by atoms with Crippen molar-refractivity contribution in [1.82, 2.24) is 10.2 Å². The number of carboxylic acid groups (broad SMARTS) is 1. The van der Waals surface area contributed by atoms with Crippen molar-refractivity contribution in [2.45, 2.75) is 19.3 Å². The van der Waals surface area contributed by atoms with Gasteiger partial charge in [0.1, 0.15) is 5.75 Å². The molecule has 1 aromatic carbocycles. The zero-order valence-electron chi connectivity index (χ0n) is 10.7. The quantitative estimate of drug-likeness (QED) is 0.890. The number of ether oxygens (including phenoxy) is 1. The van der Waals surface area contributed by atoms with E-state index in [0.717, 1.165) is 5.56 Å². The van der Waals surface area contributed by atoms with Gasteiger partial charge >= 0.3 is 5.97 Å². The Balaban J connectivity index is 2.22. The molecular weight excluding hydrogens is 248 g/mol. The van der Waals surface area contributed by atoms with E-state index >= 15 is 0 Å². The fourth-order valence-electron chi connectivity index (χ4n) is 1.66. The molecule has 6 heteroatoms. The SMILES string of the molecule is COc1cccc(-c2nnc(C(C)CC(=O)O)o2)c1. The van der Waals surface area contributed by atoms with E-state index in [1.54, 1.807) is 20.1 Å². The van der Waals surface area contributed by atoms with Gasteiger partial charge < -0.3 is 14.3 Å². The highest BCUT2D eigenvalue weighted by Gasteiger charge is 2.17. The molecule has 0 bridgehead atoms. The number of hydrogen-bond donors (Lipinski definition) is 1. The molecule has 0 amide bonds. The number of carboxylic acids is 1. The minimum Gasteiger partial charge on any atom is -0.497 e. The lowest BCUT2D eigenvalue weighted by Gasteiger charge is -2.02. The normalized spacial score (nSPS) is 12.1. The maximum absolute atomic E-state index is 10.6. The van der Waals surface area contributed by atoms with Gasteiger partial charge in [-0.2, -0.15) is 0 Å². The van der Waals surface area contributed by atoms with Gasteiger partial charge in [0.05, 0.1) is 13.5 Å². The fourth-order valence-corrected chi connectivity index (χ4v) is 1.66. The number of rotatable bonds is 5. The van der Waals surface area contributed by atoms with Crippen LogP contribution >= 0.6 is 0 Å². The van der Waals surface area contributed by atoms with E-state index in [1.165, 1.54) is 0 Å². The number of hydrogen-bond acceptors (Lipinski definition) is 5. The summed E-state index contributed by atoms with van der Waals surface area (Å²) in [5, 5.41) is 16.5. The molecule has 0 saturated carbocycles. The van der Waals surface area contributed by atoms with Crippen molar-refractivity contribution in [3.63, 3.8) is 0 Å². The van der Waals surface area contributed by atoms with Gasteiger partial charge in [-0.1, -0.05) is 13.0 Å². The van der Waals surface area contributed by atoms with Crippen molar-refractivity contribution >= 4 is 5.97 Å². The molecule has 1 N–H and O–H groups in total.